The molecule has 18 heavy (non-hydrogen) atoms. The highest BCUT2D eigenvalue weighted by Crippen LogP contribution is 2.21. The maximum atomic E-state index is 11.4. The molecular formula is C11H6N4O3. The van der Waals surface area contributed by atoms with Gasteiger partial charge in [-0.1, -0.05) is 0 Å². The van der Waals surface area contributed by atoms with Gasteiger partial charge in [0.25, 0.3) is 11.2 Å². The Morgan fingerprint density at radius 3 is 2.56 bits per heavy atom. The molecule has 0 aliphatic carbocycles. The summed E-state index contributed by atoms with van der Waals surface area (Å²) in [5, 5.41) is 19.4. The van der Waals surface area contributed by atoms with Crippen LogP contribution in [0, 0.1) is 21.4 Å². The molecule has 1 N–H and O–H groups in total. The number of hydrogen-bond donors (Lipinski definition) is 1. The van der Waals surface area contributed by atoms with E-state index < -0.39 is 10.5 Å². The number of nitro groups is 1. The van der Waals surface area contributed by atoms with Crippen LogP contribution in [0.2, 0.25) is 0 Å². The lowest BCUT2D eigenvalue weighted by molar-refractivity contribution is -0.384. The first-order valence-electron chi connectivity index (χ1n) is 4.86. The normalized spacial score (nSPS) is 9.72. The molecule has 2 aromatic rings. The predicted octanol–water partition coefficient (Wildman–Crippen LogP) is 1.22. The number of nitrogens with one attached hydrogen (secondary N) is 1. The highest BCUT2D eigenvalue weighted by atomic mass is 16.6. The molecular weight excluding hydrogens is 236 g/mol. The van der Waals surface area contributed by atoms with Crippen LogP contribution in [0.5, 0.6) is 0 Å². The summed E-state index contributed by atoms with van der Waals surface area (Å²) in [6, 6.07) is 7.23. The van der Waals surface area contributed by atoms with Crippen molar-refractivity contribution in [3.8, 4) is 17.3 Å². The molecule has 1 aromatic carbocycles. The van der Waals surface area contributed by atoms with Crippen molar-refractivity contribution in [1.82, 2.24) is 9.97 Å². The Bertz CT molecular complexity index is 697. The van der Waals surface area contributed by atoms with Gasteiger partial charge in [0.15, 0.2) is 0 Å². The molecule has 88 valence electrons. The maximum Gasteiger partial charge on any atom is 0.269 e. The predicted molar refractivity (Wildman–Crippen MR) is 61.7 cm³/mol. The number of aromatic nitrogens is 2. The highest BCUT2D eigenvalue weighted by molar-refractivity contribution is 5.66. The molecule has 7 heteroatoms. The number of aromatic amines is 1. The first-order valence-corrected chi connectivity index (χ1v) is 4.86. The zero-order chi connectivity index (χ0) is 13.1. The summed E-state index contributed by atoms with van der Waals surface area (Å²) in [5.74, 6) is 0. The number of nitrogens with zero attached hydrogens (tertiary/aromatic N) is 3. The van der Waals surface area contributed by atoms with Crippen molar-refractivity contribution in [2.75, 3.05) is 0 Å². The van der Waals surface area contributed by atoms with Gasteiger partial charge in [-0.15, -0.1) is 0 Å². The van der Waals surface area contributed by atoms with Gasteiger partial charge in [-0.25, -0.2) is 4.98 Å². The molecule has 0 bridgehead atoms. The third-order valence-electron chi connectivity index (χ3n) is 2.32. The summed E-state index contributed by atoms with van der Waals surface area (Å²) in [4.78, 5) is 27.6. The monoisotopic (exact) mass is 242 g/mol. The maximum absolute atomic E-state index is 11.4. The molecule has 0 aliphatic heterocycles. The van der Waals surface area contributed by atoms with Gasteiger partial charge in [0, 0.05) is 17.7 Å². The van der Waals surface area contributed by atoms with Crippen molar-refractivity contribution < 1.29 is 4.92 Å². The van der Waals surface area contributed by atoms with Crippen LogP contribution in [0.15, 0.2) is 35.4 Å². The lowest BCUT2D eigenvalue weighted by Crippen LogP contribution is -2.12. The van der Waals surface area contributed by atoms with Crippen LogP contribution in [0.3, 0.4) is 0 Å². The molecule has 0 radical (unpaired) electrons. The van der Waals surface area contributed by atoms with Gasteiger partial charge < -0.3 is 4.98 Å². The Morgan fingerprint density at radius 1 is 1.33 bits per heavy atom. The van der Waals surface area contributed by atoms with Crippen molar-refractivity contribution in [1.29, 1.82) is 5.26 Å². The molecule has 0 aliphatic rings. The first-order chi connectivity index (χ1) is 8.63. The van der Waals surface area contributed by atoms with Gasteiger partial charge in [0.05, 0.1) is 16.9 Å². The number of H-pyrrole nitrogens is 1. The second-order valence-electron chi connectivity index (χ2n) is 3.37. The average Bonchev–Trinajstić information content (AvgIpc) is 2.38. The molecule has 2 rings (SSSR count). The fraction of sp³-hybridized carbons (Fsp3) is 0. The van der Waals surface area contributed by atoms with E-state index in [4.69, 9.17) is 5.26 Å². The number of nitriles is 1. The lowest BCUT2D eigenvalue weighted by atomic mass is 10.1. The lowest BCUT2D eigenvalue weighted by Gasteiger charge is -2.01. The summed E-state index contributed by atoms with van der Waals surface area (Å²) in [6.07, 6.45) is 1.18. The van der Waals surface area contributed by atoms with Crippen molar-refractivity contribution in [3.63, 3.8) is 0 Å². The fourth-order valence-corrected chi connectivity index (χ4v) is 1.46. The summed E-state index contributed by atoms with van der Waals surface area (Å²) in [6.45, 7) is 0. The Balaban J connectivity index is 2.57. The van der Waals surface area contributed by atoms with Crippen LogP contribution in [-0.4, -0.2) is 14.9 Å². The molecule has 0 spiro atoms. The molecule has 1 aromatic heterocycles. The van der Waals surface area contributed by atoms with Crippen LogP contribution in [0.4, 0.5) is 5.69 Å². The van der Waals surface area contributed by atoms with E-state index in [2.05, 4.69) is 9.97 Å². The highest BCUT2D eigenvalue weighted by Gasteiger charge is 2.11. The molecule has 7 nitrogen and oxygen atoms in total. The summed E-state index contributed by atoms with van der Waals surface area (Å²) >= 11 is 0. The number of rotatable bonds is 2. The van der Waals surface area contributed by atoms with E-state index in [1.807, 2.05) is 0 Å². The van der Waals surface area contributed by atoms with Crippen LogP contribution >= 0.6 is 0 Å². The minimum absolute atomic E-state index is 0.0675. The second kappa shape index (κ2) is 4.47. The average molecular weight is 242 g/mol. The molecule has 0 saturated carbocycles. The minimum atomic E-state index is -0.541. The fourth-order valence-electron chi connectivity index (χ4n) is 1.46. The van der Waals surface area contributed by atoms with E-state index in [0.717, 1.165) is 0 Å². The van der Waals surface area contributed by atoms with Crippen molar-refractivity contribution in [2.45, 2.75) is 0 Å². The Kier molecular flexibility index (Phi) is 2.85. The molecule has 1 heterocycles. The van der Waals surface area contributed by atoms with Crippen molar-refractivity contribution >= 4 is 5.69 Å². The van der Waals surface area contributed by atoms with Crippen LogP contribution in [0.1, 0.15) is 5.56 Å². The van der Waals surface area contributed by atoms with Gasteiger partial charge in [0.1, 0.15) is 11.6 Å². The zero-order valence-electron chi connectivity index (χ0n) is 8.95. The SMILES string of the molecule is N#Cc1c(-c2ccc([N+](=O)[O-])cc2)nc[nH]c1=O. The number of benzene rings is 1. The van der Waals surface area contributed by atoms with Gasteiger partial charge in [-0.3, -0.25) is 14.9 Å². The minimum Gasteiger partial charge on any atom is -0.312 e. The molecule has 0 fully saturated rings. The number of nitro benzene ring substituents is 1. The van der Waals surface area contributed by atoms with Gasteiger partial charge in [-0.2, -0.15) is 5.26 Å². The van der Waals surface area contributed by atoms with E-state index in [-0.39, 0.29) is 16.9 Å². The zero-order valence-corrected chi connectivity index (χ0v) is 8.95. The Morgan fingerprint density at radius 2 is 2.00 bits per heavy atom. The van der Waals surface area contributed by atoms with Crippen molar-refractivity contribution in [3.05, 3.63) is 56.6 Å². The standard InChI is InChI=1S/C11H6N4O3/c12-5-9-10(13-6-14-11(9)16)7-1-3-8(4-2-7)15(17)18/h1-4,6H,(H,13,14,16). The third kappa shape index (κ3) is 1.94. The number of non-ortho nitro benzene ring substituents is 1. The Hall–Kier alpha value is -3.01. The van der Waals surface area contributed by atoms with Crippen LogP contribution in [-0.2, 0) is 0 Å². The molecule has 0 unspecified atom stereocenters. The molecule has 0 atom stereocenters. The van der Waals surface area contributed by atoms with Gasteiger partial charge >= 0.3 is 0 Å². The van der Waals surface area contributed by atoms with E-state index >= 15 is 0 Å². The van der Waals surface area contributed by atoms with Crippen LogP contribution < -0.4 is 5.56 Å². The van der Waals surface area contributed by atoms with E-state index in [9.17, 15) is 14.9 Å². The smallest absolute Gasteiger partial charge is 0.269 e. The first kappa shape index (κ1) is 11.5. The topological polar surface area (TPSA) is 113 Å². The Labute approximate surface area is 100 Å². The van der Waals surface area contributed by atoms with E-state index in [1.54, 1.807) is 6.07 Å². The van der Waals surface area contributed by atoms with Gasteiger partial charge in [0.2, 0.25) is 0 Å². The second-order valence-corrected chi connectivity index (χ2v) is 3.37. The van der Waals surface area contributed by atoms with Crippen LogP contribution in [0.25, 0.3) is 11.3 Å². The summed E-state index contributed by atoms with van der Waals surface area (Å²) in [5.41, 5.74) is -0.0475. The number of hydrogen-bond acceptors (Lipinski definition) is 5. The van der Waals surface area contributed by atoms with Crippen molar-refractivity contribution in [2.24, 2.45) is 0 Å². The summed E-state index contributed by atoms with van der Waals surface area (Å²) < 4.78 is 0. The molecule has 0 amide bonds. The third-order valence-corrected chi connectivity index (χ3v) is 2.32. The summed E-state index contributed by atoms with van der Waals surface area (Å²) in [7, 11) is 0. The van der Waals surface area contributed by atoms with E-state index in [1.165, 1.54) is 30.6 Å². The largest absolute Gasteiger partial charge is 0.312 e. The van der Waals surface area contributed by atoms with E-state index in [0.29, 0.717) is 5.56 Å². The molecule has 0 saturated heterocycles. The quantitative estimate of drug-likeness (QED) is 0.628. The van der Waals surface area contributed by atoms with Gasteiger partial charge in [-0.05, 0) is 12.1 Å².